The summed E-state index contributed by atoms with van der Waals surface area (Å²) in [5, 5.41) is 4.90. The lowest BCUT2D eigenvalue weighted by atomic mass is 9.91. The van der Waals surface area contributed by atoms with Gasteiger partial charge in [0.1, 0.15) is 5.75 Å². The third-order valence-corrected chi connectivity index (χ3v) is 6.78. The SMILES string of the molecule is CCCn1c(-c2ccncc2)nn(CN2CCC(CCc3ccc(OC)cc3)CC2)c1=S. The van der Waals surface area contributed by atoms with E-state index in [1.54, 1.807) is 7.11 Å². The van der Waals surface area contributed by atoms with Crippen molar-refractivity contribution < 1.29 is 4.74 Å². The third kappa shape index (κ3) is 5.45. The number of aromatic nitrogens is 4. The van der Waals surface area contributed by atoms with Gasteiger partial charge in [0, 0.05) is 37.6 Å². The van der Waals surface area contributed by atoms with Crippen molar-refractivity contribution in [3.05, 3.63) is 59.1 Å². The van der Waals surface area contributed by atoms with Crippen molar-refractivity contribution in [2.75, 3.05) is 20.2 Å². The first-order valence-electron chi connectivity index (χ1n) is 11.6. The summed E-state index contributed by atoms with van der Waals surface area (Å²) in [5.74, 6) is 2.65. The molecule has 0 bridgehead atoms. The molecule has 1 aromatic carbocycles. The second-order valence-electron chi connectivity index (χ2n) is 8.58. The number of likely N-dealkylation sites (tertiary alicyclic amines) is 1. The van der Waals surface area contributed by atoms with Crippen molar-refractivity contribution in [2.45, 2.75) is 52.2 Å². The molecule has 2 aromatic heterocycles. The molecule has 0 unspecified atom stereocenters. The highest BCUT2D eigenvalue weighted by Gasteiger charge is 2.21. The summed E-state index contributed by atoms with van der Waals surface area (Å²) in [5.41, 5.74) is 2.46. The topological polar surface area (TPSA) is 48.1 Å². The van der Waals surface area contributed by atoms with E-state index in [1.807, 2.05) is 29.2 Å². The Hall–Kier alpha value is -2.51. The Morgan fingerprint density at radius 1 is 1.06 bits per heavy atom. The molecule has 32 heavy (non-hydrogen) atoms. The van der Waals surface area contributed by atoms with E-state index in [4.69, 9.17) is 22.1 Å². The Labute approximate surface area is 195 Å². The first kappa shape index (κ1) is 22.7. The van der Waals surface area contributed by atoms with E-state index in [1.165, 1.54) is 24.8 Å². The molecule has 6 nitrogen and oxygen atoms in total. The Bertz CT molecular complexity index is 1040. The van der Waals surface area contributed by atoms with Gasteiger partial charge < -0.3 is 4.74 Å². The molecule has 1 aliphatic rings. The predicted molar refractivity (Wildman–Crippen MR) is 130 cm³/mol. The van der Waals surface area contributed by atoms with Gasteiger partial charge in [0.25, 0.3) is 0 Å². The second kappa shape index (κ2) is 10.9. The Kier molecular flexibility index (Phi) is 7.71. The zero-order valence-electron chi connectivity index (χ0n) is 19.1. The number of rotatable bonds is 9. The fraction of sp³-hybridized carbons (Fsp3) is 0.480. The molecule has 1 aliphatic heterocycles. The predicted octanol–water partition coefficient (Wildman–Crippen LogP) is 5.20. The maximum absolute atomic E-state index is 5.80. The zero-order valence-corrected chi connectivity index (χ0v) is 19.9. The highest BCUT2D eigenvalue weighted by Crippen LogP contribution is 2.24. The van der Waals surface area contributed by atoms with Crippen molar-refractivity contribution in [1.29, 1.82) is 0 Å². The van der Waals surface area contributed by atoms with Crippen molar-refractivity contribution in [3.8, 4) is 17.1 Å². The highest BCUT2D eigenvalue weighted by atomic mass is 32.1. The van der Waals surface area contributed by atoms with Gasteiger partial charge in [0.05, 0.1) is 13.8 Å². The summed E-state index contributed by atoms with van der Waals surface area (Å²) in [7, 11) is 1.71. The van der Waals surface area contributed by atoms with E-state index >= 15 is 0 Å². The number of aryl methyl sites for hydroxylation is 1. The molecular weight excluding hydrogens is 418 g/mol. The van der Waals surface area contributed by atoms with Crippen LogP contribution in [0.3, 0.4) is 0 Å². The Morgan fingerprint density at radius 2 is 1.78 bits per heavy atom. The van der Waals surface area contributed by atoms with Crippen LogP contribution in [0.2, 0.25) is 0 Å². The van der Waals surface area contributed by atoms with Gasteiger partial charge in [-0.25, -0.2) is 4.68 Å². The quantitative estimate of drug-likeness (QED) is 0.419. The number of ether oxygens (including phenoxy) is 1. The number of hydrogen-bond donors (Lipinski definition) is 0. The zero-order chi connectivity index (χ0) is 22.3. The molecule has 4 rings (SSSR count). The van der Waals surface area contributed by atoms with Gasteiger partial charge in [-0.05, 0) is 80.1 Å². The Morgan fingerprint density at radius 3 is 2.44 bits per heavy atom. The monoisotopic (exact) mass is 451 g/mol. The number of benzene rings is 1. The van der Waals surface area contributed by atoms with Gasteiger partial charge in [-0.15, -0.1) is 0 Å². The largest absolute Gasteiger partial charge is 0.497 e. The normalized spacial score (nSPS) is 15.2. The van der Waals surface area contributed by atoms with Crippen LogP contribution in [0.1, 0.15) is 38.2 Å². The molecule has 0 atom stereocenters. The molecule has 170 valence electrons. The van der Waals surface area contributed by atoms with Crippen LogP contribution in [-0.4, -0.2) is 44.4 Å². The van der Waals surface area contributed by atoms with Crippen LogP contribution in [0.25, 0.3) is 11.4 Å². The summed E-state index contributed by atoms with van der Waals surface area (Å²) < 4.78 is 10.2. The lowest BCUT2D eigenvalue weighted by Gasteiger charge is -2.31. The van der Waals surface area contributed by atoms with Crippen LogP contribution in [0.5, 0.6) is 5.75 Å². The molecule has 1 fully saturated rings. The highest BCUT2D eigenvalue weighted by molar-refractivity contribution is 7.71. The summed E-state index contributed by atoms with van der Waals surface area (Å²) in [4.78, 5) is 6.62. The van der Waals surface area contributed by atoms with Crippen LogP contribution in [0.15, 0.2) is 48.8 Å². The van der Waals surface area contributed by atoms with E-state index < -0.39 is 0 Å². The minimum atomic E-state index is 0.763. The standard InChI is InChI=1S/C25H33N5OS/c1-3-16-29-24(22-10-14-26-15-11-22)27-30(25(29)32)19-28-17-12-21(13-18-28)5-4-20-6-8-23(31-2)9-7-20/h6-11,14-15,21H,3-5,12-13,16-19H2,1-2H3. The number of hydrogen-bond acceptors (Lipinski definition) is 5. The molecule has 7 heteroatoms. The molecule has 3 heterocycles. The van der Waals surface area contributed by atoms with Gasteiger partial charge in [0.15, 0.2) is 10.6 Å². The van der Waals surface area contributed by atoms with Gasteiger partial charge in [-0.1, -0.05) is 19.1 Å². The first-order chi connectivity index (χ1) is 15.7. The van der Waals surface area contributed by atoms with Gasteiger partial charge in [-0.3, -0.25) is 14.5 Å². The van der Waals surface area contributed by atoms with E-state index in [0.717, 1.165) is 67.0 Å². The second-order valence-corrected chi connectivity index (χ2v) is 8.95. The number of piperidine rings is 1. The number of nitrogens with zero attached hydrogens (tertiary/aromatic N) is 5. The number of pyridine rings is 1. The summed E-state index contributed by atoms with van der Waals surface area (Å²) in [6.07, 6.45) is 9.49. The van der Waals surface area contributed by atoms with Crippen molar-refractivity contribution in [3.63, 3.8) is 0 Å². The minimum Gasteiger partial charge on any atom is -0.497 e. The van der Waals surface area contributed by atoms with Crippen molar-refractivity contribution in [1.82, 2.24) is 24.2 Å². The molecule has 0 spiro atoms. The minimum absolute atomic E-state index is 0.763. The molecule has 0 N–H and O–H groups in total. The maximum atomic E-state index is 5.80. The molecule has 3 aromatic rings. The third-order valence-electron chi connectivity index (χ3n) is 6.35. The molecule has 1 saturated heterocycles. The average molecular weight is 452 g/mol. The maximum Gasteiger partial charge on any atom is 0.199 e. The number of methoxy groups -OCH3 is 1. The van der Waals surface area contributed by atoms with Gasteiger partial charge in [-0.2, -0.15) is 5.10 Å². The lowest BCUT2D eigenvalue weighted by Crippen LogP contribution is -2.35. The van der Waals surface area contributed by atoms with Crippen LogP contribution < -0.4 is 4.74 Å². The van der Waals surface area contributed by atoms with E-state index in [0.29, 0.717) is 0 Å². The summed E-state index contributed by atoms with van der Waals surface area (Å²) >= 11 is 5.80. The molecule has 0 aliphatic carbocycles. The molecule has 0 saturated carbocycles. The van der Waals surface area contributed by atoms with E-state index in [-0.39, 0.29) is 0 Å². The fourth-order valence-corrected chi connectivity index (χ4v) is 4.72. The summed E-state index contributed by atoms with van der Waals surface area (Å²) in [6, 6.07) is 12.5. The first-order valence-corrected chi connectivity index (χ1v) is 12.0. The smallest absolute Gasteiger partial charge is 0.199 e. The summed E-state index contributed by atoms with van der Waals surface area (Å²) in [6.45, 7) is 6.01. The fourth-order valence-electron chi connectivity index (χ4n) is 4.44. The van der Waals surface area contributed by atoms with Crippen LogP contribution >= 0.6 is 12.2 Å². The molecule has 0 radical (unpaired) electrons. The van der Waals surface area contributed by atoms with Crippen molar-refractivity contribution >= 4 is 12.2 Å². The van der Waals surface area contributed by atoms with E-state index in [9.17, 15) is 0 Å². The molecule has 0 amide bonds. The lowest BCUT2D eigenvalue weighted by molar-refractivity contribution is 0.136. The van der Waals surface area contributed by atoms with Crippen molar-refractivity contribution in [2.24, 2.45) is 5.92 Å². The van der Waals surface area contributed by atoms with Crippen LogP contribution in [0, 0.1) is 10.7 Å². The van der Waals surface area contributed by atoms with E-state index in [2.05, 4.69) is 45.6 Å². The Balaban J connectivity index is 1.34. The van der Waals surface area contributed by atoms with Crippen LogP contribution in [0.4, 0.5) is 0 Å². The van der Waals surface area contributed by atoms with Gasteiger partial charge in [0.2, 0.25) is 0 Å². The average Bonchev–Trinajstić information content (AvgIpc) is 3.15. The van der Waals surface area contributed by atoms with Crippen LogP contribution in [-0.2, 0) is 19.6 Å². The molecular formula is C25H33N5OS. The van der Waals surface area contributed by atoms with Gasteiger partial charge >= 0.3 is 0 Å².